The fourth-order valence-corrected chi connectivity index (χ4v) is 4.86. The van der Waals surface area contributed by atoms with Crippen LogP contribution in [0.1, 0.15) is 15.9 Å². The number of anilines is 1. The molecule has 0 saturated carbocycles. The molecular formula is C22H17F2N5O2S. The molecule has 1 aliphatic heterocycles. The van der Waals surface area contributed by atoms with Crippen molar-refractivity contribution in [3.8, 4) is 32.6 Å². The number of halogens is 2. The van der Waals surface area contributed by atoms with Crippen molar-refractivity contribution in [2.45, 2.75) is 6.42 Å². The SMILES string of the molecule is CNC(=O)c1ccc2c(c1)OCCc1cc(-c3nc(N)nn3-c3ccc(F)cc3F)sc1-2. The van der Waals surface area contributed by atoms with Crippen molar-refractivity contribution in [3.05, 3.63) is 65.2 Å². The number of nitrogens with zero attached hydrogens (tertiary/aromatic N) is 3. The van der Waals surface area contributed by atoms with E-state index >= 15 is 0 Å². The van der Waals surface area contributed by atoms with Gasteiger partial charge < -0.3 is 15.8 Å². The highest BCUT2D eigenvalue weighted by Crippen LogP contribution is 2.44. The third kappa shape index (κ3) is 3.38. The maximum absolute atomic E-state index is 14.4. The Morgan fingerprint density at radius 1 is 1.22 bits per heavy atom. The molecule has 3 N–H and O–H groups in total. The van der Waals surface area contributed by atoms with Crippen molar-refractivity contribution in [1.82, 2.24) is 20.1 Å². The van der Waals surface area contributed by atoms with E-state index in [9.17, 15) is 13.6 Å². The van der Waals surface area contributed by atoms with E-state index < -0.39 is 11.6 Å². The Morgan fingerprint density at radius 2 is 2.06 bits per heavy atom. The molecule has 10 heteroatoms. The number of amides is 1. The van der Waals surface area contributed by atoms with Crippen LogP contribution in [0, 0.1) is 11.6 Å². The number of nitrogens with one attached hydrogen (secondary N) is 1. The van der Waals surface area contributed by atoms with Gasteiger partial charge in [0.15, 0.2) is 11.6 Å². The van der Waals surface area contributed by atoms with Gasteiger partial charge in [0.1, 0.15) is 17.3 Å². The Balaban J connectivity index is 1.62. The number of nitrogen functional groups attached to an aromatic ring is 1. The number of hydrogen-bond donors (Lipinski definition) is 2. The predicted octanol–water partition coefficient (Wildman–Crippen LogP) is 3.82. The number of carbonyl (C=O) groups is 1. The van der Waals surface area contributed by atoms with Crippen molar-refractivity contribution in [2.75, 3.05) is 19.4 Å². The van der Waals surface area contributed by atoms with Gasteiger partial charge in [-0.15, -0.1) is 16.4 Å². The van der Waals surface area contributed by atoms with Crippen LogP contribution in [-0.4, -0.2) is 34.3 Å². The van der Waals surface area contributed by atoms with Gasteiger partial charge >= 0.3 is 0 Å². The summed E-state index contributed by atoms with van der Waals surface area (Å²) in [7, 11) is 1.57. The molecule has 4 aromatic rings. The summed E-state index contributed by atoms with van der Waals surface area (Å²) in [6.45, 7) is 0.439. The van der Waals surface area contributed by atoms with E-state index in [1.54, 1.807) is 19.2 Å². The van der Waals surface area contributed by atoms with Crippen molar-refractivity contribution >= 4 is 23.2 Å². The van der Waals surface area contributed by atoms with E-state index in [1.807, 2.05) is 12.1 Å². The third-order valence-corrected chi connectivity index (χ3v) is 6.34. The van der Waals surface area contributed by atoms with Crippen LogP contribution in [0.4, 0.5) is 14.7 Å². The highest BCUT2D eigenvalue weighted by atomic mass is 32.1. The Hall–Kier alpha value is -3.79. The van der Waals surface area contributed by atoms with Crippen LogP contribution < -0.4 is 15.8 Å². The number of benzene rings is 2. The maximum Gasteiger partial charge on any atom is 0.251 e. The van der Waals surface area contributed by atoms with Crippen molar-refractivity contribution in [1.29, 1.82) is 0 Å². The standard InChI is InChI=1S/C22H17F2N5O2S/c1-26-21(30)12-2-4-14-17(8-12)31-7-6-11-9-18(32-19(11)14)20-27-22(25)28-29(20)16-5-3-13(23)10-15(16)24/h2-5,8-10H,6-7H2,1H3,(H2,25,28)(H,26,30). The lowest BCUT2D eigenvalue weighted by Gasteiger charge is -2.09. The number of carbonyl (C=O) groups excluding carboxylic acids is 1. The van der Waals surface area contributed by atoms with Crippen molar-refractivity contribution in [3.63, 3.8) is 0 Å². The third-order valence-electron chi connectivity index (χ3n) is 5.14. The second-order valence-electron chi connectivity index (χ2n) is 7.15. The van der Waals surface area contributed by atoms with Crippen LogP contribution in [0.3, 0.4) is 0 Å². The number of thiophene rings is 1. The fourth-order valence-electron chi connectivity index (χ4n) is 3.65. The Morgan fingerprint density at radius 3 is 2.84 bits per heavy atom. The Bertz CT molecular complexity index is 1360. The first-order chi connectivity index (χ1) is 15.4. The summed E-state index contributed by atoms with van der Waals surface area (Å²) >= 11 is 1.44. The minimum atomic E-state index is -0.769. The van der Waals surface area contributed by atoms with E-state index in [0.717, 1.165) is 33.0 Å². The number of rotatable bonds is 3. The Labute approximate surface area is 185 Å². The molecule has 0 unspecified atom stereocenters. The number of hydrogen-bond acceptors (Lipinski definition) is 6. The number of ether oxygens (including phenoxy) is 1. The van der Waals surface area contributed by atoms with Crippen LogP contribution >= 0.6 is 11.3 Å². The van der Waals surface area contributed by atoms with Crippen LogP contribution in [0.5, 0.6) is 5.75 Å². The van der Waals surface area contributed by atoms with Gasteiger partial charge in [-0.05, 0) is 42.0 Å². The molecule has 0 aliphatic carbocycles. The normalized spacial score (nSPS) is 12.5. The van der Waals surface area contributed by atoms with E-state index in [-0.39, 0.29) is 17.5 Å². The average molecular weight is 453 g/mol. The number of aromatic nitrogens is 3. The smallest absolute Gasteiger partial charge is 0.251 e. The van der Waals surface area contributed by atoms with Crippen molar-refractivity contribution in [2.24, 2.45) is 0 Å². The quantitative estimate of drug-likeness (QED) is 0.492. The maximum atomic E-state index is 14.4. The summed E-state index contributed by atoms with van der Waals surface area (Å²) in [6, 6.07) is 10.5. The molecule has 1 amide bonds. The molecule has 2 aromatic heterocycles. The van der Waals surface area contributed by atoms with Gasteiger partial charge in [-0.1, -0.05) is 0 Å². The van der Waals surface area contributed by atoms with Crippen LogP contribution in [0.25, 0.3) is 26.8 Å². The lowest BCUT2D eigenvalue weighted by atomic mass is 10.1. The molecule has 0 radical (unpaired) electrons. The molecule has 2 aromatic carbocycles. The zero-order valence-electron chi connectivity index (χ0n) is 16.9. The topological polar surface area (TPSA) is 95.1 Å². The molecular weight excluding hydrogens is 436 g/mol. The summed E-state index contributed by atoms with van der Waals surface area (Å²) < 4.78 is 35.0. The second kappa shape index (κ2) is 7.72. The van der Waals surface area contributed by atoms with E-state index in [1.165, 1.54) is 22.1 Å². The summed E-state index contributed by atoms with van der Waals surface area (Å²) in [4.78, 5) is 18.0. The predicted molar refractivity (Wildman–Crippen MR) is 117 cm³/mol. The van der Waals surface area contributed by atoms with Crippen molar-refractivity contribution < 1.29 is 18.3 Å². The molecule has 0 fully saturated rings. The first kappa shape index (κ1) is 20.1. The van der Waals surface area contributed by atoms with E-state index in [0.29, 0.717) is 30.2 Å². The lowest BCUT2D eigenvalue weighted by molar-refractivity contribution is 0.0962. The number of fused-ring (bicyclic) bond motifs is 3. The zero-order chi connectivity index (χ0) is 22.4. The van der Waals surface area contributed by atoms with E-state index in [2.05, 4.69) is 15.4 Å². The average Bonchev–Trinajstić information content (AvgIpc) is 3.32. The highest BCUT2D eigenvalue weighted by Gasteiger charge is 2.24. The van der Waals surface area contributed by atoms with Crippen LogP contribution in [0.15, 0.2) is 42.5 Å². The summed E-state index contributed by atoms with van der Waals surface area (Å²) in [5, 5.41) is 6.72. The van der Waals surface area contributed by atoms with Gasteiger partial charge in [0.25, 0.3) is 5.91 Å². The van der Waals surface area contributed by atoms with Gasteiger partial charge in [-0.25, -0.2) is 13.5 Å². The summed E-state index contributed by atoms with van der Waals surface area (Å²) in [6.07, 6.45) is 0.643. The van der Waals surface area contributed by atoms with Gasteiger partial charge in [-0.3, -0.25) is 4.79 Å². The molecule has 1 aliphatic rings. The number of nitrogens with two attached hydrogens (primary N) is 1. The first-order valence-electron chi connectivity index (χ1n) is 9.75. The Kier molecular flexibility index (Phi) is 4.86. The van der Waals surface area contributed by atoms with Gasteiger partial charge in [0.05, 0.1) is 11.5 Å². The zero-order valence-corrected chi connectivity index (χ0v) is 17.7. The van der Waals surface area contributed by atoms with Gasteiger partial charge in [0, 0.05) is 35.5 Å². The monoisotopic (exact) mass is 453 g/mol. The summed E-state index contributed by atoms with van der Waals surface area (Å²) in [5.41, 5.74) is 8.26. The van der Waals surface area contributed by atoms with E-state index in [4.69, 9.17) is 10.5 Å². The van der Waals surface area contributed by atoms with Gasteiger partial charge in [0.2, 0.25) is 5.95 Å². The molecule has 3 heterocycles. The highest BCUT2D eigenvalue weighted by molar-refractivity contribution is 7.19. The van der Waals surface area contributed by atoms with Crippen LogP contribution in [0.2, 0.25) is 0 Å². The molecule has 162 valence electrons. The molecule has 0 saturated heterocycles. The molecule has 0 bridgehead atoms. The molecule has 0 atom stereocenters. The summed E-state index contributed by atoms with van der Waals surface area (Å²) in [5.74, 6) is -0.700. The largest absolute Gasteiger partial charge is 0.493 e. The molecule has 0 spiro atoms. The fraction of sp³-hybridized carbons (Fsp3) is 0.136. The first-order valence-corrected chi connectivity index (χ1v) is 10.6. The molecule has 5 rings (SSSR count). The molecule has 7 nitrogen and oxygen atoms in total. The van der Waals surface area contributed by atoms with Gasteiger partial charge in [-0.2, -0.15) is 4.98 Å². The lowest BCUT2D eigenvalue weighted by Crippen LogP contribution is -2.17. The minimum absolute atomic E-state index is 0.0220. The van der Waals surface area contributed by atoms with Crippen LogP contribution in [-0.2, 0) is 6.42 Å². The molecule has 32 heavy (non-hydrogen) atoms. The minimum Gasteiger partial charge on any atom is -0.493 e. The second-order valence-corrected chi connectivity index (χ2v) is 8.21.